The Hall–Kier alpha value is -9.65. The lowest BCUT2D eigenvalue weighted by Gasteiger charge is -2.52. The predicted molar refractivity (Wildman–Crippen MR) is 329 cm³/mol. The number of nitrogens with one attached hydrogen (secondary N) is 4. The summed E-state index contributed by atoms with van der Waals surface area (Å²) in [6, 6.07) is 18.4. The molecule has 484 valence electrons. The predicted octanol–water partition coefficient (Wildman–Crippen LogP) is 0.794. The van der Waals surface area contributed by atoms with Gasteiger partial charge in [-0.05, 0) is 112 Å². The number of carboxylic acids is 2. The number of aromatic nitrogens is 4. The molecule has 0 spiro atoms. The molecule has 6 heterocycles. The second-order valence-electron chi connectivity index (χ2n) is 21.5. The van der Waals surface area contributed by atoms with Crippen LogP contribution in [0.25, 0.3) is 22.3 Å². The van der Waals surface area contributed by atoms with Gasteiger partial charge in [-0.2, -0.15) is 18.5 Å². The number of ether oxygens (including phenoxy) is 2. The van der Waals surface area contributed by atoms with Crippen molar-refractivity contribution in [1.29, 1.82) is 0 Å². The second kappa shape index (κ2) is 28.9. The summed E-state index contributed by atoms with van der Waals surface area (Å²) < 4.78 is 52.3. The van der Waals surface area contributed by atoms with Crippen LogP contribution in [0.3, 0.4) is 0 Å². The lowest BCUT2D eigenvalue weighted by molar-refractivity contribution is -0.657. The number of carboxylic acid groups (broad SMARTS) is 2. The van der Waals surface area contributed by atoms with E-state index in [0.717, 1.165) is 69.4 Å². The van der Waals surface area contributed by atoms with Crippen molar-refractivity contribution in [2.75, 3.05) is 61.5 Å². The first-order valence-electron chi connectivity index (χ1n) is 27.8. The van der Waals surface area contributed by atoms with Gasteiger partial charge in [-0.25, -0.2) is 28.7 Å². The number of aryl methyl sites for hydroxylation is 2. The number of oxime groups is 2. The van der Waals surface area contributed by atoms with Gasteiger partial charge in [0.1, 0.15) is 48.2 Å². The van der Waals surface area contributed by atoms with E-state index >= 15 is 0 Å². The Labute approximate surface area is 528 Å². The standard InChI is InChI=1S/C56H66N16O16S3/c1-55(2)45(65-47(73)43(37-29-89-53(59)63-37)67-85-39(51(77)78)27-83-35-13-9-31(10-14-35)33-17-23-69(5)41(25-33)61-21-7-19-57)49(75)71(55)87-91(81,82)88-72-50(76)46(56(72,3)4)66-48(74)44(38-30-90-54(60)64-38)68-86-40(52(79)80)28-84-36-15-11-32(12-16-36)34-18-24-70(6)42(26-34)62-22-8-20-58/h9-18,23-26,29-30,39-40,45-46H,7-8,19-22,27-28,57-58H2,1-6H3,(H8,59,60,63,64,65,66,73,74,77,78,79,80)/p+2/b67-43-,68-44-/t39-,40-,45+,46+/m0/s1. The third-order valence-electron chi connectivity index (χ3n) is 14.1. The first-order chi connectivity index (χ1) is 43.2. The molecule has 6 aromatic rings. The Morgan fingerprint density at radius 1 is 0.637 bits per heavy atom. The van der Waals surface area contributed by atoms with Gasteiger partial charge in [-0.1, -0.05) is 34.6 Å². The molecular weight excluding hydrogens is 1250 g/mol. The largest absolute Gasteiger partial charge is 0.489 e. The highest BCUT2D eigenvalue weighted by molar-refractivity contribution is 7.81. The third-order valence-corrected chi connectivity index (χ3v) is 16.2. The van der Waals surface area contributed by atoms with Crippen LogP contribution in [0.2, 0.25) is 0 Å². The van der Waals surface area contributed by atoms with E-state index in [9.17, 15) is 47.4 Å². The summed E-state index contributed by atoms with van der Waals surface area (Å²) in [5.41, 5.74) is 21.5. The molecule has 4 amide bonds. The van der Waals surface area contributed by atoms with Crippen LogP contribution in [-0.4, -0.2) is 160 Å². The van der Waals surface area contributed by atoms with Crippen molar-refractivity contribution in [1.82, 2.24) is 30.7 Å². The van der Waals surface area contributed by atoms with Crippen LogP contribution >= 0.6 is 22.7 Å². The number of nitrogens with zero attached hydrogens (tertiary/aromatic N) is 8. The molecule has 2 aliphatic heterocycles. The number of aliphatic carboxylic acids is 2. The van der Waals surface area contributed by atoms with Crippen molar-refractivity contribution in [3.63, 3.8) is 0 Å². The molecular formula is C56H68N16O16S3+2. The number of pyridine rings is 2. The summed E-state index contributed by atoms with van der Waals surface area (Å²) in [7, 11) is -1.56. The van der Waals surface area contributed by atoms with Gasteiger partial charge in [-0.15, -0.1) is 31.2 Å². The number of β-lactam (4-membered cyclic amide) rings is 2. The molecule has 0 saturated carbocycles. The maximum absolute atomic E-state index is 13.9. The van der Waals surface area contributed by atoms with Gasteiger partial charge in [0.2, 0.25) is 0 Å². The number of hydrogen-bond acceptors (Lipinski definition) is 26. The summed E-state index contributed by atoms with van der Waals surface area (Å²) in [4.78, 5) is 98.6. The van der Waals surface area contributed by atoms with Gasteiger partial charge in [0.05, 0.1) is 50.7 Å². The van der Waals surface area contributed by atoms with Crippen molar-refractivity contribution in [3.05, 3.63) is 107 Å². The number of nitrogen functional groups attached to an aromatic ring is 2. The summed E-state index contributed by atoms with van der Waals surface area (Å²) in [6.07, 6.45) is 1.82. The van der Waals surface area contributed by atoms with Crippen molar-refractivity contribution < 1.29 is 84.2 Å². The third kappa shape index (κ3) is 16.2. The number of hydrogen-bond donors (Lipinski definition) is 10. The van der Waals surface area contributed by atoms with Gasteiger partial charge in [0.15, 0.2) is 21.7 Å². The van der Waals surface area contributed by atoms with E-state index in [1.165, 1.54) is 38.5 Å². The zero-order valence-electron chi connectivity index (χ0n) is 49.9. The lowest BCUT2D eigenvalue weighted by Crippen LogP contribution is -2.78. The number of thiazole rings is 2. The molecule has 0 radical (unpaired) electrons. The topological polar surface area (TPSA) is 449 Å². The minimum absolute atomic E-state index is 0.0132. The van der Waals surface area contributed by atoms with Gasteiger partial charge < -0.3 is 62.9 Å². The van der Waals surface area contributed by atoms with Crippen LogP contribution in [0, 0.1) is 0 Å². The highest BCUT2D eigenvalue weighted by atomic mass is 32.3. The summed E-state index contributed by atoms with van der Waals surface area (Å²) in [5, 5.41) is 42.6. The Kier molecular flexibility index (Phi) is 21.4. The average Bonchev–Trinajstić information content (AvgIpc) is 0.750. The highest BCUT2D eigenvalue weighted by Crippen LogP contribution is 2.37. The van der Waals surface area contributed by atoms with Crippen molar-refractivity contribution in [2.45, 2.75) is 75.9 Å². The van der Waals surface area contributed by atoms with Crippen molar-refractivity contribution in [3.8, 4) is 33.8 Å². The first kappa shape index (κ1) is 67.3. The number of hydroxylamine groups is 4. The van der Waals surface area contributed by atoms with Gasteiger partial charge in [0, 0.05) is 22.9 Å². The second-order valence-corrected chi connectivity index (χ2v) is 24.4. The fraction of sp³-hybridized carbons (Fsp3) is 0.357. The fourth-order valence-electron chi connectivity index (χ4n) is 8.89. The molecule has 0 aliphatic carbocycles. The molecule has 2 aromatic carbocycles. The van der Waals surface area contributed by atoms with E-state index in [4.69, 9.17) is 50.7 Å². The van der Waals surface area contributed by atoms with Gasteiger partial charge in [-0.3, -0.25) is 29.8 Å². The van der Waals surface area contributed by atoms with Crippen LogP contribution in [0.4, 0.5) is 21.9 Å². The van der Waals surface area contributed by atoms with Crippen LogP contribution in [0.1, 0.15) is 51.9 Å². The van der Waals surface area contributed by atoms with E-state index in [-0.39, 0.29) is 33.1 Å². The first-order valence-corrected chi connectivity index (χ1v) is 30.9. The molecule has 4 aromatic heterocycles. The summed E-state index contributed by atoms with van der Waals surface area (Å²) in [6.45, 7) is 6.55. The molecule has 0 bridgehead atoms. The minimum atomic E-state index is -5.37. The lowest BCUT2D eigenvalue weighted by atomic mass is 9.84. The molecule has 35 heteroatoms. The summed E-state index contributed by atoms with van der Waals surface area (Å²) in [5.74, 6) is -5.23. The normalized spacial score (nSPS) is 16.8. The van der Waals surface area contributed by atoms with E-state index in [2.05, 4.69) is 41.5 Å². The van der Waals surface area contributed by atoms with E-state index in [1.54, 1.807) is 48.5 Å². The number of carbonyl (C=O) groups excluding carboxylic acids is 4. The zero-order valence-corrected chi connectivity index (χ0v) is 52.4. The molecule has 91 heavy (non-hydrogen) atoms. The molecule has 0 unspecified atom stereocenters. The molecule has 32 nitrogen and oxygen atoms in total. The number of nitrogens with two attached hydrogens (primary N) is 4. The molecule has 8 rings (SSSR count). The number of benzene rings is 2. The minimum Gasteiger partial charge on any atom is -0.489 e. The van der Waals surface area contributed by atoms with Gasteiger partial charge in [0.25, 0.3) is 47.5 Å². The molecule has 2 aliphatic rings. The van der Waals surface area contributed by atoms with Crippen LogP contribution in [0.15, 0.2) is 106 Å². The van der Waals surface area contributed by atoms with Crippen molar-refractivity contribution in [2.24, 2.45) is 35.9 Å². The van der Waals surface area contributed by atoms with Gasteiger partial charge >= 0.3 is 22.3 Å². The fourth-order valence-corrected chi connectivity index (χ4v) is 10.9. The Morgan fingerprint density at radius 3 is 1.33 bits per heavy atom. The molecule has 2 fully saturated rings. The smallest absolute Gasteiger partial charge is 0.442 e. The Balaban J connectivity index is 0.859. The molecule has 2 saturated heterocycles. The van der Waals surface area contributed by atoms with E-state index < -0.39 is 106 Å². The zero-order chi connectivity index (χ0) is 66.0. The van der Waals surface area contributed by atoms with Crippen LogP contribution in [0.5, 0.6) is 11.5 Å². The maximum Gasteiger partial charge on any atom is 0.442 e. The van der Waals surface area contributed by atoms with Crippen molar-refractivity contribution >= 4 is 102 Å². The number of anilines is 4. The highest BCUT2D eigenvalue weighted by Gasteiger charge is 2.61. The number of carbonyl (C=O) groups is 6. The summed E-state index contributed by atoms with van der Waals surface area (Å²) >= 11 is 1.81. The Morgan fingerprint density at radius 2 is 1.01 bits per heavy atom. The molecule has 14 N–H and O–H groups in total. The number of rotatable bonds is 32. The SMILES string of the molecule is C[n+]1ccc(-c2ccc(OC[C@H](O/N=C(\C(=O)N[C@@H]3C(=O)N(OS(=O)(=O)ON4C(=O)[C@@H](NC(=O)/C(=N\O[C@@H](COc5ccc(-c6cc[n+](C)c(NCCCN)c6)cc5)C(=O)O)c5csc(N)n5)C4(C)C)C3(C)C)c3csc(N)n3)C(=O)O)cc2)cc1NCCCN. The molecule has 4 atom stereocenters. The average molecular weight is 1320 g/mol. The monoisotopic (exact) mass is 1320 g/mol. The maximum atomic E-state index is 13.9. The van der Waals surface area contributed by atoms with E-state index in [0.29, 0.717) is 36.3 Å². The quantitative estimate of drug-likeness (QED) is 0.00917. The van der Waals surface area contributed by atoms with E-state index in [1.807, 2.05) is 59.9 Å². The van der Waals surface area contributed by atoms with Crippen LogP contribution in [-0.2, 0) is 71.5 Å². The van der Waals surface area contributed by atoms with Crippen LogP contribution < -0.4 is 62.8 Å². The number of amides is 4. The Bertz CT molecular complexity index is 3610.